The fraction of sp³-hybridized carbons (Fsp3) is 0.400. The van der Waals surface area contributed by atoms with E-state index in [1.807, 2.05) is 30.2 Å². The summed E-state index contributed by atoms with van der Waals surface area (Å²) >= 11 is 0. The van der Waals surface area contributed by atoms with Crippen LogP contribution in [0, 0.1) is 6.92 Å². The Hall–Kier alpha value is -3.41. The van der Waals surface area contributed by atoms with E-state index in [2.05, 4.69) is 72.5 Å². The third kappa shape index (κ3) is 3.78. The number of likely N-dealkylation sites (tertiary alicyclic amines) is 1. The summed E-state index contributed by atoms with van der Waals surface area (Å²) in [5.41, 5.74) is 4.65. The van der Waals surface area contributed by atoms with Crippen LogP contribution in [0.15, 0.2) is 78.9 Å². The molecule has 206 valence electrons. The number of aryl methyl sites for hydroxylation is 1. The first-order valence-electron chi connectivity index (χ1n) is 14.7. The Morgan fingerprint density at radius 1 is 1.10 bits per heavy atom. The van der Waals surface area contributed by atoms with Gasteiger partial charge in [-0.2, -0.15) is 0 Å². The van der Waals surface area contributed by atoms with Gasteiger partial charge in [-0.3, -0.25) is 9.69 Å². The van der Waals surface area contributed by atoms with Crippen molar-refractivity contribution in [2.45, 2.75) is 68.2 Å². The molecular weight excluding hydrogens is 496 g/mol. The molecule has 2 aliphatic heterocycles. The number of rotatable bonds is 6. The van der Waals surface area contributed by atoms with Gasteiger partial charge in [0.1, 0.15) is 11.9 Å². The van der Waals surface area contributed by atoms with Crippen LogP contribution >= 0.6 is 0 Å². The van der Waals surface area contributed by atoms with Crippen molar-refractivity contribution in [3.05, 3.63) is 107 Å². The summed E-state index contributed by atoms with van der Waals surface area (Å²) in [7, 11) is 1.90. The lowest BCUT2D eigenvalue weighted by Crippen LogP contribution is -2.78. The summed E-state index contributed by atoms with van der Waals surface area (Å²) in [6, 6.07) is 25.1. The highest BCUT2D eigenvalue weighted by Crippen LogP contribution is 2.64. The zero-order valence-corrected chi connectivity index (χ0v) is 23.4. The number of amides is 1. The summed E-state index contributed by atoms with van der Waals surface area (Å²) in [5, 5.41) is 12.8. The Morgan fingerprint density at radius 3 is 2.75 bits per heavy atom. The van der Waals surface area contributed by atoms with Gasteiger partial charge >= 0.3 is 0 Å². The SMILES string of the molecule is Cc1cccc(C=CC(=O)N(C)[C@H]2CC[C@@]3(O)[C@H]4Cc5cccc6c5[C@@]3(CCN4CCc3ccccc3)[C@H]2O6)c1. The van der Waals surface area contributed by atoms with E-state index >= 15 is 0 Å². The number of hydrogen-bond donors (Lipinski definition) is 1. The zero-order valence-electron chi connectivity index (χ0n) is 23.4. The lowest BCUT2D eigenvalue weighted by Gasteiger charge is -2.64. The molecule has 1 N–H and O–H groups in total. The number of piperidine rings is 1. The third-order valence-corrected chi connectivity index (χ3v) is 10.3. The van der Waals surface area contributed by atoms with Crippen LogP contribution in [0.1, 0.15) is 47.1 Å². The van der Waals surface area contributed by atoms with Crippen molar-refractivity contribution in [3.8, 4) is 5.75 Å². The molecule has 0 unspecified atom stereocenters. The molecule has 3 aromatic rings. The molecule has 5 atom stereocenters. The van der Waals surface area contributed by atoms with Crippen LogP contribution in [0.5, 0.6) is 5.75 Å². The van der Waals surface area contributed by atoms with Crippen LogP contribution in [0.2, 0.25) is 0 Å². The maximum absolute atomic E-state index is 13.5. The molecule has 7 rings (SSSR count). The zero-order chi connectivity index (χ0) is 27.5. The van der Waals surface area contributed by atoms with E-state index < -0.39 is 11.0 Å². The fourth-order valence-corrected chi connectivity index (χ4v) is 8.38. The summed E-state index contributed by atoms with van der Waals surface area (Å²) < 4.78 is 6.77. The van der Waals surface area contributed by atoms with E-state index in [-0.39, 0.29) is 24.1 Å². The van der Waals surface area contributed by atoms with Crippen LogP contribution in [0.25, 0.3) is 6.08 Å². The van der Waals surface area contributed by atoms with Gasteiger partial charge in [-0.1, -0.05) is 72.3 Å². The molecule has 2 heterocycles. The van der Waals surface area contributed by atoms with Crippen molar-refractivity contribution in [1.82, 2.24) is 9.80 Å². The number of benzene rings is 3. The highest BCUT2D eigenvalue weighted by Gasteiger charge is 2.72. The topological polar surface area (TPSA) is 53.0 Å². The second kappa shape index (κ2) is 9.60. The third-order valence-electron chi connectivity index (χ3n) is 10.3. The second-order valence-corrected chi connectivity index (χ2v) is 12.3. The summed E-state index contributed by atoms with van der Waals surface area (Å²) in [5.74, 6) is 0.876. The molecule has 1 spiro atoms. The first-order chi connectivity index (χ1) is 19.4. The molecule has 4 aliphatic rings. The minimum absolute atomic E-state index is 0.0271. The molecular formula is C35H38N2O3. The molecule has 40 heavy (non-hydrogen) atoms. The van der Waals surface area contributed by atoms with Gasteiger partial charge in [-0.05, 0) is 74.4 Å². The van der Waals surface area contributed by atoms with Crippen LogP contribution in [0.3, 0.4) is 0 Å². The largest absolute Gasteiger partial charge is 0.487 e. The number of likely N-dealkylation sites (N-methyl/N-ethyl adjacent to an activating group) is 1. The average Bonchev–Trinajstić information content (AvgIpc) is 3.30. The minimum Gasteiger partial charge on any atom is -0.487 e. The predicted molar refractivity (Wildman–Crippen MR) is 157 cm³/mol. The Labute approximate surface area is 237 Å². The number of hydrogen-bond acceptors (Lipinski definition) is 4. The average molecular weight is 535 g/mol. The fourth-order valence-electron chi connectivity index (χ4n) is 8.38. The lowest BCUT2D eigenvalue weighted by atomic mass is 9.48. The monoisotopic (exact) mass is 534 g/mol. The number of carbonyl (C=O) groups excluding carboxylic acids is 1. The second-order valence-electron chi connectivity index (χ2n) is 12.3. The molecule has 1 saturated carbocycles. The van der Waals surface area contributed by atoms with Crippen molar-refractivity contribution in [2.24, 2.45) is 0 Å². The van der Waals surface area contributed by atoms with Crippen LogP contribution < -0.4 is 4.74 Å². The minimum atomic E-state index is -0.885. The smallest absolute Gasteiger partial charge is 0.246 e. The van der Waals surface area contributed by atoms with E-state index in [1.54, 1.807) is 6.08 Å². The molecule has 0 aromatic heterocycles. The molecule has 2 fully saturated rings. The summed E-state index contributed by atoms with van der Waals surface area (Å²) in [6.45, 7) is 3.91. The Morgan fingerprint density at radius 2 is 1.93 bits per heavy atom. The highest BCUT2D eigenvalue weighted by atomic mass is 16.5. The van der Waals surface area contributed by atoms with E-state index in [1.165, 1.54) is 22.3 Å². The predicted octanol–water partition coefficient (Wildman–Crippen LogP) is 4.93. The number of ether oxygens (including phenoxy) is 1. The molecule has 0 radical (unpaired) electrons. The maximum atomic E-state index is 13.5. The van der Waals surface area contributed by atoms with E-state index in [9.17, 15) is 9.90 Å². The lowest BCUT2D eigenvalue weighted by molar-refractivity contribution is -0.199. The Kier molecular flexibility index (Phi) is 6.13. The highest BCUT2D eigenvalue weighted by molar-refractivity contribution is 5.92. The molecule has 1 saturated heterocycles. The number of nitrogens with zero attached hydrogens (tertiary/aromatic N) is 2. The first-order valence-corrected chi connectivity index (χ1v) is 14.7. The Bertz CT molecular complexity index is 1470. The summed E-state index contributed by atoms with van der Waals surface area (Å²) in [4.78, 5) is 17.9. The van der Waals surface area contributed by atoms with Gasteiger partial charge in [-0.15, -0.1) is 0 Å². The van der Waals surface area contributed by atoms with Crippen LogP contribution in [-0.2, 0) is 23.1 Å². The van der Waals surface area contributed by atoms with Crippen LogP contribution in [0.4, 0.5) is 0 Å². The van der Waals surface area contributed by atoms with Crippen molar-refractivity contribution in [2.75, 3.05) is 20.1 Å². The first kappa shape index (κ1) is 25.6. The number of carbonyl (C=O) groups is 1. The molecule has 3 aromatic carbocycles. The van der Waals surface area contributed by atoms with Gasteiger partial charge < -0.3 is 14.7 Å². The molecule has 2 bridgehead atoms. The standard InChI is InChI=1S/C35H38N2O3/c1-24-8-6-11-26(22-24)14-15-31(38)36(2)28-16-18-35(39)30-23-27-12-7-13-29-32(27)34(35,33(28)40-29)19-21-37(30)20-17-25-9-4-3-5-10-25/h3-15,22,28,30,33,39H,16-21,23H2,1-2H3/t28-,30+,33-,34-,35+/m0/s1. The van der Waals surface area contributed by atoms with Gasteiger partial charge in [0.15, 0.2) is 0 Å². The van der Waals surface area contributed by atoms with Crippen molar-refractivity contribution in [1.29, 1.82) is 0 Å². The molecule has 2 aliphatic carbocycles. The van der Waals surface area contributed by atoms with E-state index in [4.69, 9.17) is 4.74 Å². The van der Waals surface area contributed by atoms with Gasteiger partial charge in [0, 0.05) is 31.3 Å². The normalized spacial score (nSPS) is 30.1. The van der Waals surface area contributed by atoms with Gasteiger partial charge in [0.05, 0.1) is 17.1 Å². The molecule has 5 nitrogen and oxygen atoms in total. The molecule has 1 amide bonds. The van der Waals surface area contributed by atoms with E-state index in [0.717, 1.165) is 50.1 Å². The number of aliphatic hydroxyl groups is 1. The van der Waals surface area contributed by atoms with E-state index in [0.29, 0.717) is 6.42 Å². The van der Waals surface area contributed by atoms with Gasteiger partial charge in [-0.25, -0.2) is 0 Å². The molecule has 5 heteroatoms. The van der Waals surface area contributed by atoms with Crippen LogP contribution in [-0.4, -0.2) is 64.7 Å². The van der Waals surface area contributed by atoms with Gasteiger partial charge in [0.2, 0.25) is 5.91 Å². The summed E-state index contributed by atoms with van der Waals surface area (Å²) in [6.07, 6.45) is 7.34. The van der Waals surface area contributed by atoms with Gasteiger partial charge in [0.25, 0.3) is 0 Å². The maximum Gasteiger partial charge on any atom is 0.246 e. The van der Waals surface area contributed by atoms with Crippen molar-refractivity contribution >= 4 is 12.0 Å². The van der Waals surface area contributed by atoms with Crippen molar-refractivity contribution < 1.29 is 14.6 Å². The quantitative estimate of drug-likeness (QED) is 0.456. The van der Waals surface area contributed by atoms with Crippen molar-refractivity contribution in [3.63, 3.8) is 0 Å². The Balaban J connectivity index is 1.19.